The van der Waals surface area contributed by atoms with Crippen LogP contribution in [0.1, 0.15) is 35.6 Å². The molecule has 40 heavy (non-hydrogen) atoms. The van der Waals surface area contributed by atoms with Crippen LogP contribution < -0.4 is 10.3 Å². The summed E-state index contributed by atoms with van der Waals surface area (Å²) >= 11 is 6.28. The molecule has 0 spiro atoms. The number of benzene rings is 2. The molecule has 1 fully saturated rings. The number of fused-ring (bicyclic) bond motifs is 3. The van der Waals surface area contributed by atoms with Gasteiger partial charge >= 0.3 is 6.36 Å². The number of H-pyrrole nitrogens is 1. The van der Waals surface area contributed by atoms with E-state index in [1.165, 1.54) is 30.1 Å². The second kappa shape index (κ2) is 8.74. The number of nitrogens with one attached hydrogen (secondary N) is 1. The number of rotatable bonds is 5. The second-order valence-corrected chi connectivity index (χ2v) is 10.2. The molecule has 14 heteroatoms. The molecule has 1 aliphatic heterocycles. The number of ether oxygens (including phenoxy) is 1. The standard InChI is InChI=1S/C26H18ClF3N8O2/c1-12-2-3-13(6-21(12)40-26(28,29)30)19-10-31-24(33-19)23-15-8-16(15)25-34-18(9-22(39)38(23)25)17-7-14(27)4-5-20(17)37-11-32-35-36-37/h2-7,9-11,15-16,23H,8H2,1H3,(H,31,33). The highest BCUT2D eigenvalue weighted by atomic mass is 35.5. The third kappa shape index (κ3) is 4.13. The summed E-state index contributed by atoms with van der Waals surface area (Å²) in [5, 5.41) is 11.8. The lowest BCUT2D eigenvalue weighted by atomic mass is 10.1. The summed E-state index contributed by atoms with van der Waals surface area (Å²) in [6.07, 6.45) is -0.979. The van der Waals surface area contributed by atoms with Gasteiger partial charge in [-0.1, -0.05) is 23.7 Å². The summed E-state index contributed by atoms with van der Waals surface area (Å²) in [4.78, 5) is 26.1. The monoisotopic (exact) mass is 566 g/mol. The number of tetrazole rings is 1. The maximum absolute atomic E-state index is 13.5. The van der Waals surface area contributed by atoms with Crippen molar-refractivity contribution in [3.63, 3.8) is 0 Å². The van der Waals surface area contributed by atoms with E-state index in [1.807, 2.05) is 0 Å². The minimum Gasteiger partial charge on any atom is -0.405 e. The Hall–Kier alpha value is -4.52. The van der Waals surface area contributed by atoms with Crippen molar-refractivity contribution >= 4 is 11.6 Å². The number of alkyl halides is 3. The van der Waals surface area contributed by atoms with Crippen LogP contribution in [-0.2, 0) is 0 Å². The number of halogens is 4. The van der Waals surface area contributed by atoms with Crippen molar-refractivity contribution in [2.45, 2.75) is 31.7 Å². The fourth-order valence-corrected chi connectivity index (χ4v) is 5.56. The summed E-state index contributed by atoms with van der Waals surface area (Å²) in [5.41, 5.74) is 2.76. The Morgan fingerprint density at radius 1 is 1.15 bits per heavy atom. The molecule has 202 valence electrons. The molecule has 1 N–H and O–H groups in total. The van der Waals surface area contributed by atoms with Crippen LogP contribution in [0.2, 0.25) is 5.02 Å². The van der Waals surface area contributed by atoms with Gasteiger partial charge in [0, 0.05) is 28.1 Å². The van der Waals surface area contributed by atoms with E-state index in [4.69, 9.17) is 16.6 Å². The summed E-state index contributed by atoms with van der Waals surface area (Å²) in [6, 6.07) is 10.8. The van der Waals surface area contributed by atoms with Gasteiger partial charge in [0.05, 0.1) is 29.3 Å². The summed E-state index contributed by atoms with van der Waals surface area (Å²) in [7, 11) is 0. The first-order valence-corrected chi connectivity index (χ1v) is 12.6. The highest BCUT2D eigenvalue weighted by Crippen LogP contribution is 2.59. The molecule has 2 aliphatic rings. The highest BCUT2D eigenvalue weighted by molar-refractivity contribution is 6.31. The van der Waals surface area contributed by atoms with Crippen molar-refractivity contribution in [3.8, 4) is 34.0 Å². The van der Waals surface area contributed by atoms with Crippen LogP contribution in [0.15, 0.2) is 59.8 Å². The van der Waals surface area contributed by atoms with E-state index in [-0.39, 0.29) is 29.2 Å². The average molecular weight is 567 g/mol. The zero-order valence-electron chi connectivity index (χ0n) is 20.6. The van der Waals surface area contributed by atoms with Gasteiger partial charge in [0.15, 0.2) is 0 Å². The summed E-state index contributed by atoms with van der Waals surface area (Å²) in [6.45, 7) is 1.54. The maximum Gasteiger partial charge on any atom is 0.573 e. The van der Waals surface area contributed by atoms with Crippen LogP contribution in [-0.4, -0.2) is 46.1 Å². The molecule has 1 aliphatic carbocycles. The zero-order chi connectivity index (χ0) is 27.8. The predicted octanol–water partition coefficient (Wildman–Crippen LogP) is 4.84. The summed E-state index contributed by atoms with van der Waals surface area (Å²) in [5.74, 6) is 1.09. The van der Waals surface area contributed by atoms with Crippen LogP contribution in [0.4, 0.5) is 13.2 Å². The molecule has 3 aromatic heterocycles. The summed E-state index contributed by atoms with van der Waals surface area (Å²) < 4.78 is 45.8. The van der Waals surface area contributed by atoms with Crippen LogP contribution >= 0.6 is 11.6 Å². The predicted molar refractivity (Wildman–Crippen MR) is 136 cm³/mol. The number of nitrogens with zero attached hydrogens (tertiary/aromatic N) is 7. The van der Waals surface area contributed by atoms with Gasteiger partial charge in [0.25, 0.3) is 5.56 Å². The second-order valence-electron chi connectivity index (χ2n) is 9.78. The lowest BCUT2D eigenvalue weighted by Crippen LogP contribution is -2.27. The van der Waals surface area contributed by atoms with Crippen LogP contribution in [0.3, 0.4) is 0 Å². The number of aromatic amines is 1. The Labute approximate surface area is 228 Å². The van der Waals surface area contributed by atoms with Gasteiger partial charge in [-0.3, -0.25) is 9.36 Å². The van der Waals surface area contributed by atoms with E-state index in [9.17, 15) is 18.0 Å². The number of hydrogen-bond acceptors (Lipinski definition) is 7. The van der Waals surface area contributed by atoms with E-state index in [1.54, 1.807) is 41.1 Å². The third-order valence-corrected chi connectivity index (χ3v) is 7.50. The minimum atomic E-state index is -4.80. The highest BCUT2D eigenvalue weighted by Gasteiger charge is 2.55. The Morgan fingerprint density at radius 3 is 2.77 bits per heavy atom. The van der Waals surface area contributed by atoms with Crippen molar-refractivity contribution < 1.29 is 17.9 Å². The van der Waals surface area contributed by atoms with Crippen LogP contribution in [0.5, 0.6) is 5.75 Å². The largest absolute Gasteiger partial charge is 0.573 e. The van der Waals surface area contributed by atoms with E-state index in [0.717, 1.165) is 6.42 Å². The number of aryl methyl sites for hydroxylation is 1. The smallest absolute Gasteiger partial charge is 0.405 e. The zero-order valence-corrected chi connectivity index (χ0v) is 21.4. The number of imidazole rings is 1. The van der Waals surface area contributed by atoms with Gasteiger partial charge in [-0.25, -0.2) is 9.97 Å². The Morgan fingerprint density at radius 2 is 2.00 bits per heavy atom. The van der Waals surface area contributed by atoms with Crippen molar-refractivity contribution in [2.75, 3.05) is 0 Å². The molecular weight excluding hydrogens is 549 g/mol. The van der Waals surface area contributed by atoms with E-state index in [2.05, 4.69) is 30.2 Å². The number of aromatic nitrogens is 8. The molecule has 3 unspecified atom stereocenters. The first-order chi connectivity index (χ1) is 19.2. The van der Waals surface area contributed by atoms with Crippen molar-refractivity contribution in [1.82, 2.24) is 39.7 Å². The van der Waals surface area contributed by atoms with Crippen molar-refractivity contribution in [3.05, 3.63) is 87.6 Å². The lowest BCUT2D eigenvalue weighted by Gasteiger charge is -2.17. The molecular formula is C26H18ClF3N8O2. The quantitative estimate of drug-likeness (QED) is 0.323. The normalized spacial score (nSPS) is 19.4. The first kappa shape index (κ1) is 24.5. The SMILES string of the molecule is Cc1ccc(-c2cnc(C3C4CC4c4nc(-c5cc(Cl)ccc5-n5cnnn5)cc(=O)n43)[nH]2)cc1OC(F)(F)F. The fraction of sp³-hybridized carbons (Fsp3) is 0.231. The molecule has 7 rings (SSSR count). The molecule has 1 saturated carbocycles. The lowest BCUT2D eigenvalue weighted by molar-refractivity contribution is -0.274. The molecule has 0 amide bonds. The van der Waals surface area contributed by atoms with Crippen LogP contribution in [0, 0.1) is 12.8 Å². The van der Waals surface area contributed by atoms with Gasteiger partial charge in [-0.15, -0.1) is 18.3 Å². The van der Waals surface area contributed by atoms with Crippen molar-refractivity contribution in [2.24, 2.45) is 5.92 Å². The van der Waals surface area contributed by atoms with Crippen molar-refractivity contribution in [1.29, 1.82) is 0 Å². The molecule has 5 aromatic rings. The fourth-order valence-electron chi connectivity index (χ4n) is 5.39. The van der Waals surface area contributed by atoms with E-state index < -0.39 is 6.36 Å². The minimum absolute atomic E-state index is 0.0769. The Kier molecular flexibility index (Phi) is 5.36. The number of hydrogen-bond donors (Lipinski definition) is 1. The third-order valence-electron chi connectivity index (χ3n) is 7.27. The van der Waals surface area contributed by atoms with Gasteiger partial charge in [-0.05, 0) is 59.5 Å². The maximum atomic E-state index is 13.5. The molecule has 0 saturated heterocycles. The topological polar surface area (TPSA) is 116 Å². The van der Waals surface area contributed by atoms with Crippen LogP contribution in [0.25, 0.3) is 28.2 Å². The van der Waals surface area contributed by atoms with Gasteiger partial charge in [0.1, 0.15) is 23.7 Å². The Balaban J connectivity index is 1.26. The Bertz CT molecular complexity index is 1830. The van der Waals surface area contributed by atoms with Gasteiger partial charge in [-0.2, -0.15) is 4.68 Å². The molecule has 0 bridgehead atoms. The van der Waals surface area contributed by atoms with E-state index >= 15 is 0 Å². The molecule has 4 heterocycles. The first-order valence-electron chi connectivity index (χ1n) is 12.2. The molecule has 0 radical (unpaired) electrons. The average Bonchev–Trinajstić information content (AvgIpc) is 3.26. The molecule has 3 atom stereocenters. The van der Waals surface area contributed by atoms with E-state index in [0.29, 0.717) is 50.4 Å². The van der Waals surface area contributed by atoms with Gasteiger partial charge in [0.2, 0.25) is 0 Å². The molecule has 10 nitrogen and oxygen atoms in total. The van der Waals surface area contributed by atoms with Gasteiger partial charge < -0.3 is 9.72 Å². The molecule has 2 aromatic carbocycles.